The van der Waals surface area contributed by atoms with Crippen LogP contribution in [0.5, 0.6) is 0 Å². The maximum Gasteiger partial charge on any atom is 0.220 e. The number of aliphatic hydroxyl groups is 2. The first-order valence-electron chi connectivity index (χ1n) is 20.2. The summed E-state index contributed by atoms with van der Waals surface area (Å²) in [6, 6.07) is -0.900. The zero-order valence-electron chi connectivity index (χ0n) is 30.4. The van der Waals surface area contributed by atoms with Gasteiger partial charge in [0.25, 0.3) is 0 Å². The Morgan fingerprint density at radius 3 is 1.00 bits per heavy atom. The maximum atomic E-state index is 12.4. The number of unbranched alkanes of at least 4 members (excludes halogenated alkanes) is 29. The maximum absolute atomic E-state index is 12.4. The third kappa shape index (κ3) is 31.4. The van der Waals surface area contributed by atoms with Crippen molar-refractivity contribution in [3.05, 3.63) is 0 Å². The van der Waals surface area contributed by atoms with Crippen molar-refractivity contribution < 1.29 is 19.8 Å². The number of carbonyl (C=O) groups is 2. The van der Waals surface area contributed by atoms with Crippen LogP contribution in [0.2, 0.25) is 0 Å². The van der Waals surface area contributed by atoms with Crippen LogP contribution >= 0.6 is 0 Å². The van der Waals surface area contributed by atoms with Gasteiger partial charge in [-0.15, -0.1) is 0 Å². The number of aliphatic hydroxyl groups excluding tert-OH is 2. The van der Waals surface area contributed by atoms with Gasteiger partial charge in [-0.2, -0.15) is 0 Å². The third-order valence-electron chi connectivity index (χ3n) is 9.54. The first kappa shape index (κ1) is 44.1. The van der Waals surface area contributed by atoms with Gasteiger partial charge >= 0.3 is 0 Å². The molecule has 0 aromatic carbocycles. The van der Waals surface area contributed by atoms with E-state index in [1.807, 2.05) is 0 Å². The molecule has 45 heavy (non-hydrogen) atoms. The highest BCUT2D eigenvalue weighted by atomic mass is 16.3. The topological polar surface area (TPSA) is 86.6 Å². The number of carbonyl (C=O) groups excluding carboxylic acids is 2. The van der Waals surface area contributed by atoms with Gasteiger partial charge in [0.1, 0.15) is 6.10 Å². The Kier molecular flexibility index (Phi) is 35.2. The first-order valence-corrected chi connectivity index (χ1v) is 20.2. The molecular formula is C40H79NO4. The molecule has 0 aliphatic rings. The molecule has 0 unspecified atom stereocenters. The molecule has 0 heterocycles. The molecule has 1 amide bonds. The predicted octanol–water partition coefficient (Wildman–Crippen LogP) is 11.3. The fourth-order valence-corrected chi connectivity index (χ4v) is 6.38. The van der Waals surface area contributed by atoms with Crippen LogP contribution in [0.3, 0.4) is 0 Å². The fourth-order valence-electron chi connectivity index (χ4n) is 6.38. The van der Waals surface area contributed by atoms with Crippen molar-refractivity contribution in [2.75, 3.05) is 6.61 Å². The Bertz CT molecular complexity index is 625. The SMILES string of the molecule is CCCCCCCCCCCCCCCCCCCCCC(=O)N[C@@H](CO)[C@H](O)C(=O)CCCCCCCCCCCCCC. The van der Waals surface area contributed by atoms with Crippen LogP contribution in [-0.2, 0) is 9.59 Å². The van der Waals surface area contributed by atoms with Gasteiger partial charge in [0.15, 0.2) is 5.78 Å². The molecule has 0 aliphatic heterocycles. The van der Waals surface area contributed by atoms with Gasteiger partial charge in [0.05, 0.1) is 12.6 Å². The second kappa shape index (κ2) is 35.9. The molecule has 3 N–H and O–H groups in total. The average Bonchev–Trinajstić information content (AvgIpc) is 3.04. The summed E-state index contributed by atoms with van der Waals surface area (Å²) in [4.78, 5) is 24.8. The molecule has 0 saturated carbocycles. The number of nitrogens with one attached hydrogen (secondary N) is 1. The van der Waals surface area contributed by atoms with E-state index >= 15 is 0 Å². The van der Waals surface area contributed by atoms with Crippen LogP contribution in [-0.4, -0.2) is 40.7 Å². The minimum absolute atomic E-state index is 0.182. The summed E-state index contributed by atoms with van der Waals surface area (Å²) in [6.07, 6.45) is 39.2. The van der Waals surface area contributed by atoms with E-state index in [0.29, 0.717) is 12.8 Å². The minimum atomic E-state index is -1.32. The average molecular weight is 638 g/mol. The van der Waals surface area contributed by atoms with Crippen molar-refractivity contribution in [3.63, 3.8) is 0 Å². The van der Waals surface area contributed by atoms with E-state index in [-0.39, 0.29) is 11.7 Å². The van der Waals surface area contributed by atoms with Crippen LogP contribution in [0.4, 0.5) is 0 Å². The molecule has 0 saturated heterocycles. The Labute approximate surface area is 280 Å². The predicted molar refractivity (Wildman–Crippen MR) is 194 cm³/mol. The van der Waals surface area contributed by atoms with E-state index in [4.69, 9.17) is 0 Å². The highest BCUT2D eigenvalue weighted by molar-refractivity contribution is 5.85. The van der Waals surface area contributed by atoms with Gasteiger partial charge in [-0.3, -0.25) is 9.59 Å². The fraction of sp³-hybridized carbons (Fsp3) is 0.950. The standard InChI is InChI=1S/C40H79NO4/c1-3-5-7-9-11-13-15-17-18-19-20-21-22-23-25-27-29-31-33-35-39(44)41-37(36-42)40(45)38(43)34-32-30-28-26-24-16-14-12-10-8-6-4-2/h37,40,42,45H,3-36H2,1-2H3,(H,41,44)/t37-,40-/m0/s1. The summed E-state index contributed by atoms with van der Waals surface area (Å²) < 4.78 is 0. The monoisotopic (exact) mass is 638 g/mol. The van der Waals surface area contributed by atoms with Crippen molar-refractivity contribution in [1.82, 2.24) is 5.32 Å². The van der Waals surface area contributed by atoms with Crippen LogP contribution in [0.1, 0.15) is 226 Å². The van der Waals surface area contributed by atoms with Crippen LogP contribution in [0.15, 0.2) is 0 Å². The molecule has 5 nitrogen and oxygen atoms in total. The lowest BCUT2D eigenvalue weighted by molar-refractivity contribution is -0.131. The number of hydrogen-bond acceptors (Lipinski definition) is 4. The van der Waals surface area contributed by atoms with E-state index in [1.165, 1.54) is 161 Å². The Balaban J connectivity index is 3.60. The summed E-state index contributed by atoms with van der Waals surface area (Å²) in [7, 11) is 0. The van der Waals surface area contributed by atoms with Crippen LogP contribution < -0.4 is 5.32 Å². The second-order valence-electron chi connectivity index (χ2n) is 14.0. The van der Waals surface area contributed by atoms with E-state index in [9.17, 15) is 19.8 Å². The molecule has 0 fully saturated rings. The number of rotatable bonds is 37. The summed E-state index contributed by atoms with van der Waals surface area (Å²) in [5.74, 6) is -0.455. The van der Waals surface area contributed by atoms with E-state index < -0.39 is 18.8 Å². The summed E-state index contributed by atoms with van der Waals surface area (Å²) in [5.41, 5.74) is 0. The van der Waals surface area contributed by atoms with Gasteiger partial charge in [-0.1, -0.05) is 200 Å². The smallest absolute Gasteiger partial charge is 0.220 e. The molecular weight excluding hydrogens is 558 g/mol. The zero-order valence-corrected chi connectivity index (χ0v) is 30.4. The molecule has 5 heteroatoms. The van der Waals surface area contributed by atoms with Crippen molar-refractivity contribution in [3.8, 4) is 0 Å². The number of amides is 1. The van der Waals surface area contributed by atoms with Crippen molar-refractivity contribution in [2.45, 2.75) is 238 Å². The molecule has 0 bridgehead atoms. The normalized spacial score (nSPS) is 12.8. The molecule has 0 aromatic rings. The quantitative estimate of drug-likeness (QED) is 0.0591. The Morgan fingerprint density at radius 1 is 0.444 bits per heavy atom. The van der Waals surface area contributed by atoms with Crippen molar-refractivity contribution >= 4 is 11.7 Å². The largest absolute Gasteiger partial charge is 0.394 e. The molecule has 2 atom stereocenters. The van der Waals surface area contributed by atoms with Gasteiger partial charge in [-0.05, 0) is 12.8 Å². The van der Waals surface area contributed by atoms with E-state index in [1.54, 1.807) is 0 Å². The minimum Gasteiger partial charge on any atom is -0.394 e. The van der Waals surface area contributed by atoms with E-state index in [2.05, 4.69) is 19.2 Å². The van der Waals surface area contributed by atoms with Crippen molar-refractivity contribution in [2.24, 2.45) is 0 Å². The summed E-state index contributed by atoms with van der Waals surface area (Å²) in [5, 5.41) is 22.8. The Hall–Kier alpha value is -0.940. The van der Waals surface area contributed by atoms with E-state index in [0.717, 1.165) is 38.5 Å². The Morgan fingerprint density at radius 2 is 0.711 bits per heavy atom. The van der Waals surface area contributed by atoms with Crippen molar-refractivity contribution in [1.29, 1.82) is 0 Å². The first-order chi connectivity index (χ1) is 22.1. The number of Topliss-reactive ketones (excluding diaryl/α,β-unsaturated/α-hetero) is 1. The lowest BCUT2D eigenvalue weighted by atomic mass is 10.0. The summed E-state index contributed by atoms with van der Waals surface area (Å²) >= 11 is 0. The second-order valence-corrected chi connectivity index (χ2v) is 14.0. The lowest BCUT2D eigenvalue weighted by Gasteiger charge is -2.21. The van der Waals surface area contributed by atoms with Gasteiger partial charge in [0, 0.05) is 12.8 Å². The highest BCUT2D eigenvalue weighted by Crippen LogP contribution is 2.16. The third-order valence-corrected chi connectivity index (χ3v) is 9.54. The van der Waals surface area contributed by atoms with Crippen LogP contribution in [0, 0.1) is 0 Å². The summed E-state index contributed by atoms with van der Waals surface area (Å²) in [6.45, 7) is 4.11. The molecule has 0 radical (unpaired) electrons. The van der Waals surface area contributed by atoms with Crippen LogP contribution in [0.25, 0.3) is 0 Å². The molecule has 0 aromatic heterocycles. The molecule has 0 rings (SSSR count). The van der Waals surface area contributed by atoms with Gasteiger partial charge < -0.3 is 15.5 Å². The van der Waals surface area contributed by atoms with Gasteiger partial charge in [-0.25, -0.2) is 0 Å². The lowest BCUT2D eigenvalue weighted by Crippen LogP contribution is -2.49. The number of hydrogen-bond donors (Lipinski definition) is 3. The highest BCUT2D eigenvalue weighted by Gasteiger charge is 2.26. The van der Waals surface area contributed by atoms with Gasteiger partial charge in [0.2, 0.25) is 5.91 Å². The zero-order chi connectivity index (χ0) is 33.1. The molecule has 0 aliphatic carbocycles. The molecule has 0 spiro atoms. The molecule has 268 valence electrons. The number of ketones is 1.